The summed E-state index contributed by atoms with van der Waals surface area (Å²) in [4.78, 5) is 14.4. The largest absolute Gasteiger partial charge is 0.340 e. The third kappa shape index (κ3) is 7.00. The Kier molecular flexibility index (Phi) is 8.25. The van der Waals surface area contributed by atoms with E-state index in [1.807, 2.05) is 18.7 Å². The highest BCUT2D eigenvalue weighted by Gasteiger charge is 2.23. The van der Waals surface area contributed by atoms with Gasteiger partial charge in [-0.2, -0.15) is 0 Å². The Labute approximate surface area is 113 Å². The van der Waals surface area contributed by atoms with E-state index in [4.69, 9.17) is 5.73 Å². The third-order valence-electron chi connectivity index (χ3n) is 3.19. The molecule has 0 aliphatic carbocycles. The molecule has 0 radical (unpaired) electrons. The number of carbonyl (C=O) groups is 1. The third-order valence-corrected chi connectivity index (χ3v) is 3.19. The van der Waals surface area contributed by atoms with Gasteiger partial charge in [-0.3, -0.25) is 4.79 Å². The number of rotatable bonds is 8. The Hall–Kier alpha value is -0.570. The van der Waals surface area contributed by atoms with Crippen molar-refractivity contribution in [2.75, 3.05) is 6.54 Å². The van der Waals surface area contributed by atoms with Gasteiger partial charge in [0.05, 0.1) is 0 Å². The molecule has 3 heteroatoms. The molecule has 2 atom stereocenters. The summed E-state index contributed by atoms with van der Waals surface area (Å²) in [6.45, 7) is 13.4. The molecule has 0 bridgehead atoms. The van der Waals surface area contributed by atoms with Gasteiger partial charge in [0.1, 0.15) is 0 Å². The zero-order valence-corrected chi connectivity index (χ0v) is 13.1. The van der Waals surface area contributed by atoms with Gasteiger partial charge in [0.15, 0.2) is 0 Å². The molecule has 2 N–H and O–H groups in total. The molecule has 0 aromatic heterocycles. The molecule has 0 heterocycles. The van der Waals surface area contributed by atoms with E-state index in [-0.39, 0.29) is 18.0 Å². The first-order valence-electron chi connectivity index (χ1n) is 7.31. The predicted molar refractivity (Wildman–Crippen MR) is 78.4 cm³/mol. The van der Waals surface area contributed by atoms with Crippen molar-refractivity contribution in [2.45, 2.75) is 72.9 Å². The van der Waals surface area contributed by atoms with Crippen LogP contribution in [0.15, 0.2) is 0 Å². The van der Waals surface area contributed by atoms with Crippen LogP contribution in [0.4, 0.5) is 0 Å². The second kappa shape index (κ2) is 8.52. The fraction of sp³-hybridized carbons (Fsp3) is 0.933. The number of carbonyl (C=O) groups excluding carboxylic acids is 1. The van der Waals surface area contributed by atoms with Gasteiger partial charge in [-0.1, -0.05) is 27.2 Å². The number of amides is 1. The lowest BCUT2D eigenvalue weighted by Crippen LogP contribution is -2.42. The average Bonchev–Trinajstić information content (AvgIpc) is 2.23. The van der Waals surface area contributed by atoms with Crippen LogP contribution in [0.2, 0.25) is 0 Å². The minimum atomic E-state index is 0.116. The van der Waals surface area contributed by atoms with Gasteiger partial charge in [-0.15, -0.1) is 0 Å². The van der Waals surface area contributed by atoms with E-state index in [1.165, 1.54) is 0 Å². The molecule has 0 saturated carbocycles. The first-order valence-corrected chi connectivity index (χ1v) is 7.31. The van der Waals surface area contributed by atoms with E-state index in [1.54, 1.807) is 0 Å². The summed E-state index contributed by atoms with van der Waals surface area (Å²) in [5.41, 5.74) is 5.73. The highest BCUT2D eigenvalue weighted by Crippen LogP contribution is 2.15. The second-order valence-corrected chi connectivity index (χ2v) is 6.29. The van der Waals surface area contributed by atoms with Gasteiger partial charge < -0.3 is 10.6 Å². The van der Waals surface area contributed by atoms with Crippen molar-refractivity contribution in [2.24, 2.45) is 17.6 Å². The maximum atomic E-state index is 12.4. The quantitative estimate of drug-likeness (QED) is 0.725. The molecule has 18 heavy (non-hydrogen) atoms. The van der Waals surface area contributed by atoms with Crippen molar-refractivity contribution >= 4 is 5.91 Å². The molecule has 0 aliphatic heterocycles. The molecule has 0 aromatic rings. The molecule has 0 fully saturated rings. The van der Waals surface area contributed by atoms with Gasteiger partial charge in [0, 0.05) is 24.5 Å². The van der Waals surface area contributed by atoms with Gasteiger partial charge in [0.25, 0.3) is 0 Å². The summed E-state index contributed by atoms with van der Waals surface area (Å²) < 4.78 is 0. The van der Waals surface area contributed by atoms with E-state index < -0.39 is 0 Å². The minimum Gasteiger partial charge on any atom is -0.340 e. The van der Waals surface area contributed by atoms with Crippen molar-refractivity contribution in [1.82, 2.24) is 4.90 Å². The van der Waals surface area contributed by atoms with Crippen LogP contribution in [-0.2, 0) is 4.79 Å². The highest BCUT2D eigenvalue weighted by atomic mass is 16.2. The van der Waals surface area contributed by atoms with Crippen LogP contribution in [0, 0.1) is 11.8 Å². The van der Waals surface area contributed by atoms with Crippen LogP contribution in [0.1, 0.15) is 60.8 Å². The van der Waals surface area contributed by atoms with E-state index in [0.717, 1.165) is 25.8 Å². The number of hydrogen-bond donors (Lipinski definition) is 1. The van der Waals surface area contributed by atoms with Crippen LogP contribution in [0.25, 0.3) is 0 Å². The Morgan fingerprint density at radius 2 is 1.61 bits per heavy atom. The number of hydrogen-bond acceptors (Lipinski definition) is 2. The Morgan fingerprint density at radius 3 is 2.00 bits per heavy atom. The molecule has 3 nitrogen and oxygen atoms in total. The van der Waals surface area contributed by atoms with E-state index in [9.17, 15) is 4.79 Å². The lowest BCUT2D eigenvalue weighted by Gasteiger charge is -2.31. The van der Waals surface area contributed by atoms with Crippen LogP contribution in [0.3, 0.4) is 0 Å². The number of nitrogens with two attached hydrogens (primary N) is 1. The second-order valence-electron chi connectivity index (χ2n) is 6.29. The van der Waals surface area contributed by atoms with Crippen molar-refractivity contribution in [3.63, 3.8) is 0 Å². The molecule has 0 saturated heterocycles. The number of nitrogens with zero attached hydrogens (tertiary/aromatic N) is 1. The SMILES string of the molecule is CC(C)CN(C(=O)C(C)CCCC(C)N)C(C)C. The van der Waals surface area contributed by atoms with Crippen LogP contribution in [0.5, 0.6) is 0 Å². The molecule has 2 unspecified atom stereocenters. The molecular formula is C15H32N2O. The first kappa shape index (κ1) is 17.4. The molecule has 108 valence electrons. The van der Waals surface area contributed by atoms with E-state index in [0.29, 0.717) is 11.8 Å². The van der Waals surface area contributed by atoms with Gasteiger partial charge in [0.2, 0.25) is 5.91 Å². The van der Waals surface area contributed by atoms with Crippen LogP contribution in [-0.4, -0.2) is 29.4 Å². The Balaban J connectivity index is 4.29. The Morgan fingerprint density at radius 1 is 1.06 bits per heavy atom. The monoisotopic (exact) mass is 256 g/mol. The van der Waals surface area contributed by atoms with E-state index in [2.05, 4.69) is 27.7 Å². The zero-order chi connectivity index (χ0) is 14.3. The Bertz CT molecular complexity index is 237. The topological polar surface area (TPSA) is 46.3 Å². The summed E-state index contributed by atoms with van der Waals surface area (Å²) in [7, 11) is 0. The summed E-state index contributed by atoms with van der Waals surface area (Å²) >= 11 is 0. The lowest BCUT2D eigenvalue weighted by molar-refractivity contribution is -0.137. The van der Waals surface area contributed by atoms with Crippen molar-refractivity contribution in [3.05, 3.63) is 0 Å². The molecule has 0 spiro atoms. The summed E-state index contributed by atoms with van der Waals surface area (Å²) in [5, 5.41) is 0. The lowest BCUT2D eigenvalue weighted by atomic mass is 9.99. The van der Waals surface area contributed by atoms with Crippen LogP contribution >= 0.6 is 0 Å². The molecule has 0 aliphatic rings. The summed E-state index contributed by atoms with van der Waals surface area (Å²) in [6.07, 6.45) is 2.99. The normalized spacial score (nSPS) is 14.9. The smallest absolute Gasteiger partial charge is 0.225 e. The molecule has 0 aromatic carbocycles. The standard InChI is InChI=1S/C15H32N2O/c1-11(2)10-17(12(3)4)15(18)13(5)8-7-9-14(6)16/h11-14H,7-10,16H2,1-6H3. The summed E-state index contributed by atoms with van der Waals surface area (Å²) in [5.74, 6) is 0.931. The molecule has 0 rings (SSSR count). The van der Waals surface area contributed by atoms with Gasteiger partial charge >= 0.3 is 0 Å². The average molecular weight is 256 g/mol. The van der Waals surface area contributed by atoms with Crippen molar-refractivity contribution in [3.8, 4) is 0 Å². The predicted octanol–water partition coefficient (Wildman–Crippen LogP) is 3.03. The molecular weight excluding hydrogens is 224 g/mol. The fourth-order valence-corrected chi connectivity index (χ4v) is 2.10. The van der Waals surface area contributed by atoms with E-state index >= 15 is 0 Å². The maximum absolute atomic E-state index is 12.4. The highest BCUT2D eigenvalue weighted by molar-refractivity contribution is 5.78. The fourth-order valence-electron chi connectivity index (χ4n) is 2.10. The van der Waals surface area contributed by atoms with Gasteiger partial charge in [-0.05, 0) is 39.5 Å². The molecule has 1 amide bonds. The summed E-state index contributed by atoms with van der Waals surface area (Å²) in [6, 6.07) is 0.528. The van der Waals surface area contributed by atoms with Crippen LogP contribution < -0.4 is 5.73 Å². The van der Waals surface area contributed by atoms with Crippen molar-refractivity contribution < 1.29 is 4.79 Å². The van der Waals surface area contributed by atoms with Gasteiger partial charge in [-0.25, -0.2) is 0 Å². The maximum Gasteiger partial charge on any atom is 0.225 e. The van der Waals surface area contributed by atoms with Crippen molar-refractivity contribution in [1.29, 1.82) is 0 Å². The first-order chi connectivity index (χ1) is 8.25. The zero-order valence-electron chi connectivity index (χ0n) is 13.1. The minimum absolute atomic E-state index is 0.116.